The number of hydrogen-bond donors (Lipinski definition) is 0. The quantitative estimate of drug-likeness (QED) is 0.205. The molecule has 0 saturated carbocycles. The average molecular weight is 498 g/mol. The molecule has 39 heavy (non-hydrogen) atoms. The zero-order valence-corrected chi connectivity index (χ0v) is 21.7. The Hall–Kier alpha value is -4.89. The van der Waals surface area contributed by atoms with Crippen molar-refractivity contribution < 1.29 is 0 Å². The second kappa shape index (κ2) is 6.39. The number of fused-ring (bicyclic) bond motifs is 14. The Bertz CT molecular complexity index is 2520. The van der Waals surface area contributed by atoms with E-state index >= 15 is 0 Å². The first kappa shape index (κ1) is 20.1. The van der Waals surface area contributed by atoms with Crippen molar-refractivity contribution >= 4 is 65.7 Å². The number of imidazole rings is 2. The van der Waals surface area contributed by atoms with E-state index in [1.165, 1.54) is 76.6 Å². The molecule has 3 heteroatoms. The molecule has 0 atom stereocenters. The molecule has 3 heterocycles. The smallest absolute Gasteiger partial charge is 0.220 e. The Morgan fingerprint density at radius 3 is 1.95 bits per heavy atom. The van der Waals surface area contributed by atoms with Gasteiger partial charge in [-0.15, -0.1) is 0 Å². The lowest BCUT2D eigenvalue weighted by atomic mass is 9.81. The van der Waals surface area contributed by atoms with Gasteiger partial charge in [-0.3, -0.25) is 8.80 Å². The van der Waals surface area contributed by atoms with Gasteiger partial charge in [0.2, 0.25) is 5.78 Å². The standard InChI is InChI=1S/C36H23N3/c1-36(2)28-14-8-7-13-24(28)26-19-27-25-15-20-9-3-5-11-22(20)17-30(25)38-33(27)34(32(26)36)39-31-18-23-12-6-4-10-21(23)16-29(31)37-35(38)39/h3-19H,1-2H3. The first-order valence-corrected chi connectivity index (χ1v) is 13.7. The number of nitrogens with zero attached hydrogens (tertiary/aromatic N) is 3. The van der Waals surface area contributed by atoms with Gasteiger partial charge in [-0.05, 0) is 74.1 Å². The molecule has 1 aliphatic rings. The van der Waals surface area contributed by atoms with Crippen LogP contribution in [-0.4, -0.2) is 13.8 Å². The van der Waals surface area contributed by atoms with Gasteiger partial charge >= 0.3 is 0 Å². The maximum absolute atomic E-state index is 5.33. The third-order valence-electron chi connectivity index (χ3n) is 9.34. The number of rotatable bonds is 0. The monoisotopic (exact) mass is 497 g/mol. The largest absolute Gasteiger partial charge is 0.277 e. The normalized spacial score (nSPS) is 14.6. The van der Waals surface area contributed by atoms with E-state index in [4.69, 9.17) is 4.98 Å². The van der Waals surface area contributed by atoms with E-state index in [1.807, 2.05) is 0 Å². The van der Waals surface area contributed by atoms with Crippen molar-refractivity contribution in [1.29, 1.82) is 0 Å². The van der Waals surface area contributed by atoms with Gasteiger partial charge in [0.1, 0.15) is 0 Å². The molecule has 1 aliphatic carbocycles. The molecule has 9 aromatic rings. The molecule has 10 rings (SSSR count). The Balaban J connectivity index is 1.54. The van der Waals surface area contributed by atoms with Gasteiger partial charge < -0.3 is 0 Å². The molecule has 3 nitrogen and oxygen atoms in total. The predicted molar refractivity (Wildman–Crippen MR) is 162 cm³/mol. The zero-order chi connectivity index (χ0) is 25.6. The fourth-order valence-corrected chi connectivity index (χ4v) is 7.63. The lowest BCUT2D eigenvalue weighted by Crippen LogP contribution is -2.16. The van der Waals surface area contributed by atoms with Gasteiger partial charge in [0.15, 0.2) is 0 Å². The summed E-state index contributed by atoms with van der Waals surface area (Å²) in [6.45, 7) is 4.77. The van der Waals surface area contributed by atoms with Gasteiger partial charge in [-0.2, -0.15) is 0 Å². The summed E-state index contributed by atoms with van der Waals surface area (Å²) in [5, 5.41) is 7.58. The van der Waals surface area contributed by atoms with Crippen LogP contribution in [0.4, 0.5) is 0 Å². The van der Waals surface area contributed by atoms with Crippen LogP contribution in [0, 0.1) is 0 Å². The molecule has 0 bridgehead atoms. The summed E-state index contributed by atoms with van der Waals surface area (Å²) >= 11 is 0. The average Bonchev–Trinajstić information content (AvgIpc) is 3.64. The second-order valence-corrected chi connectivity index (χ2v) is 11.7. The van der Waals surface area contributed by atoms with Crippen molar-refractivity contribution in [3.05, 3.63) is 114 Å². The highest BCUT2D eigenvalue weighted by atomic mass is 15.2. The van der Waals surface area contributed by atoms with Crippen LogP contribution in [0.2, 0.25) is 0 Å². The third-order valence-corrected chi connectivity index (χ3v) is 9.34. The molecule has 0 N–H and O–H groups in total. The molecule has 0 unspecified atom stereocenters. The third kappa shape index (κ3) is 2.22. The van der Waals surface area contributed by atoms with Gasteiger partial charge in [-0.25, -0.2) is 4.98 Å². The zero-order valence-electron chi connectivity index (χ0n) is 21.7. The van der Waals surface area contributed by atoms with E-state index in [1.54, 1.807) is 0 Å². The summed E-state index contributed by atoms with van der Waals surface area (Å²) in [6, 6.07) is 38.0. The summed E-state index contributed by atoms with van der Waals surface area (Å²) in [7, 11) is 0. The van der Waals surface area contributed by atoms with Gasteiger partial charge in [-0.1, -0.05) is 86.6 Å². The Morgan fingerprint density at radius 1 is 0.564 bits per heavy atom. The molecule has 0 radical (unpaired) electrons. The van der Waals surface area contributed by atoms with Gasteiger partial charge in [0, 0.05) is 16.2 Å². The minimum atomic E-state index is -0.128. The van der Waals surface area contributed by atoms with Crippen LogP contribution < -0.4 is 0 Å². The van der Waals surface area contributed by atoms with Crippen molar-refractivity contribution in [2.75, 3.05) is 0 Å². The van der Waals surface area contributed by atoms with Crippen molar-refractivity contribution in [3.8, 4) is 11.1 Å². The van der Waals surface area contributed by atoms with E-state index < -0.39 is 0 Å². The first-order chi connectivity index (χ1) is 19.1. The molecular formula is C36H23N3. The summed E-state index contributed by atoms with van der Waals surface area (Å²) in [5.74, 6) is 0.991. The maximum atomic E-state index is 5.33. The van der Waals surface area contributed by atoms with Crippen molar-refractivity contribution in [3.63, 3.8) is 0 Å². The predicted octanol–water partition coefficient (Wildman–Crippen LogP) is 9.10. The second-order valence-electron chi connectivity index (χ2n) is 11.7. The fraction of sp³-hybridized carbons (Fsp3) is 0.0833. The van der Waals surface area contributed by atoms with Crippen molar-refractivity contribution in [2.45, 2.75) is 19.3 Å². The number of benzene rings is 6. The number of aromatic nitrogens is 3. The molecule has 0 fully saturated rings. The van der Waals surface area contributed by atoms with E-state index in [9.17, 15) is 0 Å². The molecule has 0 spiro atoms. The molecule has 0 amide bonds. The summed E-state index contributed by atoms with van der Waals surface area (Å²) in [6.07, 6.45) is 0. The van der Waals surface area contributed by atoms with Gasteiger partial charge in [0.05, 0.1) is 27.6 Å². The fourth-order valence-electron chi connectivity index (χ4n) is 7.63. The van der Waals surface area contributed by atoms with E-state index in [2.05, 4.69) is 126 Å². The van der Waals surface area contributed by atoms with E-state index in [0.29, 0.717) is 0 Å². The Kier molecular flexibility index (Phi) is 3.30. The van der Waals surface area contributed by atoms with Crippen LogP contribution in [0.25, 0.3) is 76.8 Å². The molecule has 0 saturated heterocycles. The van der Waals surface area contributed by atoms with Crippen LogP contribution in [0.3, 0.4) is 0 Å². The number of hydrogen-bond acceptors (Lipinski definition) is 1. The lowest BCUT2D eigenvalue weighted by Gasteiger charge is -2.22. The van der Waals surface area contributed by atoms with Crippen LogP contribution >= 0.6 is 0 Å². The van der Waals surface area contributed by atoms with Crippen LogP contribution in [0.5, 0.6) is 0 Å². The van der Waals surface area contributed by atoms with E-state index in [0.717, 1.165) is 11.3 Å². The maximum Gasteiger partial charge on any atom is 0.220 e. The van der Waals surface area contributed by atoms with Crippen LogP contribution in [-0.2, 0) is 5.41 Å². The molecule has 6 aromatic carbocycles. The molecule has 3 aromatic heterocycles. The van der Waals surface area contributed by atoms with Crippen LogP contribution in [0.15, 0.2) is 103 Å². The SMILES string of the molecule is CC1(C)c2ccccc2-c2cc3c4cc5ccccc5cc4n4c3c(c21)n1c2cc3ccccc3cc2nc14. The highest BCUT2D eigenvalue weighted by Gasteiger charge is 2.40. The molecule has 182 valence electrons. The van der Waals surface area contributed by atoms with Crippen LogP contribution in [0.1, 0.15) is 25.0 Å². The molecule has 0 aliphatic heterocycles. The summed E-state index contributed by atoms with van der Waals surface area (Å²) in [4.78, 5) is 5.33. The molecular weight excluding hydrogens is 474 g/mol. The minimum Gasteiger partial charge on any atom is -0.277 e. The summed E-state index contributed by atoms with van der Waals surface area (Å²) < 4.78 is 4.88. The van der Waals surface area contributed by atoms with Gasteiger partial charge in [0.25, 0.3) is 0 Å². The van der Waals surface area contributed by atoms with Crippen molar-refractivity contribution in [1.82, 2.24) is 13.8 Å². The Morgan fingerprint density at radius 2 is 1.18 bits per heavy atom. The Labute approximate surface area is 223 Å². The lowest BCUT2D eigenvalue weighted by molar-refractivity contribution is 0.664. The first-order valence-electron chi connectivity index (χ1n) is 13.7. The highest BCUT2D eigenvalue weighted by molar-refractivity contribution is 6.21. The summed E-state index contributed by atoms with van der Waals surface area (Å²) in [5.41, 5.74) is 11.4. The van der Waals surface area contributed by atoms with E-state index in [-0.39, 0.29) is 5.41 Å². The minimum absolute atomic E-state index is 0.128. The highest BCUT2D eigenvalue weighted by Crippen LogP contribution is 2.54. The van der Waals surface area contributed by atoms with Crippen molar-refractivity contribution in [2.24, 2.45) is 0 Å². The topological polar surface area (TPSA) is 21.7 Å².